The van der Waals surface area contributed by atoms with Crippen molar-refractivity contribution >= 4 is 23.3 Å². The van der Waals surface area contributed by atoms with E-state index in [4.69, 9.17) is 0 Å². The second-order valence-corrected chi connectivity index (χ2v) is 0. The zero-order valence-electron chi connectivity index (χ0n) is 2.32. The van der Waals surface area contributed by atoms with Gasteiger partial charge in [0.15, 0.2) is 0 Å². The molecule has 0 aliphatic rings. The van der Waals surface area contributed by atoms with Gasteiger partial charge in [0.2, 0.25) is 0 Å². The zero-order valence-corrected chi connectivity index (χ0v) is 5.51. The van der Waals surface area contributed by atoms with Crippen LogP contribution in [-0.4, -0.2) is 0 Å². The van der Waals surface area contributed by atoms with E-state index >= 15 is 0 Å². The summed E-state index contributed by atoms with van der Waals surface area (Å²) in [5.41, 5.74) is 0. The average molecular weight is 119 g/mol. The van der Waals surface area contributed by atoms with Crippen LogP contribution in [0.1, 0.15) is 0 Å². The first-order valence-electron chi connectivity index (χ1n) is 0.167. The molecule has 0 fully saturated rings. The van der Waals surface area contributed by atoms with Gasteiger partial charge >= 0.3 is 40.6 Å². The van der Waals surface area contributed by atoms with Crippen molar-refractivity contribution in [3.8, 4) is 0 Å². The largest absolute Gasteiger partial charge is 4.00 e. The maximum atomic E-state index is 3.67. The van der Waals surface area contributed by atoms with Crippen LogP contribution in [0, 0.1) is 0 Å². The van der Waals surface area contributed by atoms with Crippen LogP contribution in [0.4, 0.5) is 0 Å². The molecule has 0 aromatic carbocycles. The van der Waals surface area contributed by atoms with Crippen LogP contribution >= 0.6 is 0 Å². The van der Waals surface area contributed by atoms with Gasteiger partial charge in [-0.3, -0.25) is 0 Å². The first-order valence-corrected chi connectivity index (χ1v) is 1.50. The van der Waals surface area contributed by atoms with Crippen LogP contribution in [0.3, 0.4) is 0 Å². The molecule has 14 valence electrons. The third-order valence-corrected chi connectivity index (χ3v) is 0. The Morgan fingerprint density at radius 2 is 1.00 bits per heavy atom. The molecule has 0 spiro atoms. The summed E-state index contributed by atoms with van der Waals surface area (Å²) in [7, 11) is 0. The van der Waals surface area contributed by atoms with Gasteiger partial charge in [0.1, 0.15) is 0 Å². The number of rotatable bonds is 0. The second kappa shape index (κ2) is 19.9. The Morgan fingerprint density at radius 1 is 1.00 bits per heavy atom. The first-order chi connectivity index (χ1) is 1.00. The van der Waals surface area contributed by atoms with Crippen LogP contribution in [0.15, 0.2) is 0 Å². The Hall–Kier alpha value is 2.01. The molecule has 0 aliphatic heterocycles. The molecule has 0 rings (SSSR count). The Morgan fingerprint density at radius 3 is 1.00 bits per heavy atom. The number of hydrogen-bond acceptors (Lipinski definition) is 2. The van der Waals surface area contributed by atoms with Crippen molar-refractivity contribution in [2.24, 2.45) is 0 Å². The van der Waals surface area contributed by atoms with Gasteiger partial charge in [-0.25, -0.2) is 0 Å². The second-order valence-electron chi connectivity index (χ2n) is 0. The van der Waals surface area contributed by atoms with Crippen LogP contribution in [0.5, 0.6) is 0 Å². The molecular weight excluding hydrogens is 119 g/mol. The Kier molecular flexibility index (Phi) is 82.9. The van der Waals surface area contributed by atoms with Crippen molar-refractivity contribution in [2.75, 3.05) is 0 Å². The minimum absolute atomic E-state index is 0. The predicted molar refractivity (Wildman–Crippen MR) is 14.7 cm³/mol. The number of hydrogen-bond donors (Lipinski definition) is 0. The van der Waals surface area contributed by atoms with Crippen molar-refractivity contribution in [1.29, 1.82) is 0 Å². The van der Waals surface area contributed by atoms with E-state index in [1.807, 2.05) is 0 Å². The quantitative estimate of drug-likeness (QED) is 0.189. The molecule has 0 N–H and O–H groups in total. The van der Waals surface area contributed by atoms with Gasteiger partial charge in [-0.1, -0.05) is 0 Å². The van der Waals surface area contributed by atoms with Gasteiger partial charge in [0, 0.05) is 0 Å². The molecule has 0 nitrogen and oxygen atoms in total. The Balaban J connectivity index is -0.00000000500. The summed E-state index contributed by atoms with van der Waals surface area (Å²) in [6.07, 6.45) is 0. The summed E-state index contributed by atoms with van der Waals surface area (Å²) in [4.78, 5) is 0. The molecule has 0 saturated heterocycles. The average Bonchev–Trinajstić information content (AvgIpc) is 1.00. The van der Waals surface area contributed by atoms with Gasteiger partial charge in [-0.2, -0.15) is 0 Å². The summed E-state index contributed by atoms with van der Waals surface area (Å²) < 4.78 is 0. The van der Waals surface area contributed by atoms with E-state index in [-0.39, 0.29) is 40.6 Å². The molecule has 0 atom stereocenters. The molecule has 0 bridgehead atoms. The fourth-order valence-corrected chi connectivity index (χ4v) is 0. The van der Waals surface area contributed by atoms with E-state index in [9.17, 15) is 0 Å². The zero-order chi connectivity index (χ0) is 2.00. The Bertz CT molecular complexity index is 6.00. The predicted octanol–water partition coefficient (Wildman–Crippen LogP) is -3.00. The van der Waals surface area contributed by atoms with E-state index in [1.165, 1.54) is 0 Å². The summed E-state index contributed by atoms with van der Waals surface area (Å²) >= 11 is 7.33. The van der Waals surface area contributed by atoms with E-state index in [0.29, 0.717) is 0 Å². The molecule has 0 heterocycles. The third-order valence-electron chi connectivity index (χ3n) is 0. The van der Waals surface area contributed by atoms with Crippen LogP contribution < -0.4 is 18.9 Å². The molecule has 0 saturated carbocycles. The van der Waals surface area contributed by atoms with Gasteiger partial charge in [0.05, 0.1) is 0 Å². The summed E-state index contributed by atoms with van der Waals surface area (Å²) in [6.45, 7) is 0. The topological polar surface area (TPSA) is 0 Å². The van der Waals surface area contributed by atoms with Crippen molar-refractivity contribution in [1.82, 2.24) is 0 Å². The minimum Gasteiger partial charge on any atom is -1.00 e. The van der Waals surface area contributed by atoms with Crippen molar-refractivity contribution in [3.05, 3.63) is 0 Å². The van der Waals surface area contributed by atoms with Crippen molar-refractivity contribution in [2.45, 2.75) is 0 Å². The molecular formula is LiS2Ti+3. The van der Waals surface area contributed by atoms with Crippen LogP contribution in [-0.2, 0) is 45.0 Å². The summed E-state index contributed by atoms with van der Waals surface area (Å²) in [5.74, 6) is 0. The van der Waals surface area contributed by atoms with Gasteiger partial charge in [-0.15, -0.1) is 0 Å². The monoisotopic (exact) mass is 119 g/mol. The van der Waals surface area contributed by atoms with Crippen LogP contribution in [0.25, 0.3) is 0 Å². The minimum atomic E-state index is 0. The Labute approximate surface area is 63.4 Å². The normalized spacial score (nSPS) is 1.50. The molecule has 0 aromatic heterocycles. The smallest absolute Gasteiger partial charge is 1.00 e. The standard InChI is InChI=1S/Li.S2.Ti/c;1-2;/q+1;-2;+4. The summed E-state index contributed by atoms with van der Waals surface area (Å²) in [5, 5.41) is 0. The fourth-order valence-electron chi connectivity index (χ4n) is 0. The molecule has 0 radical (unpaired) electrons. The van der Waals surface area contributed by atoms with Gasteiger partial charge < -0.3 is 23.3 Å². The maximum Gasteiger partial charge on any atom is 4.00 e. The van der Waals surface area contributed by atoms with E-state index in [0.717, 1.165) is 0 Å². The molecule has 4 heavy (non-hydrogen) atoms. The SMILES string of the molecule is [Li+].[S-][S-].[Ti+4]. The molecule has 0 aliphatic carbocycles. The van der Waals surface area contributed by atoms with Crippen molar-refractivity contribution in [3.63, 3.8) is 0 Å². The molecule has 4 heteroatoms. The maximum absolute atomic E-state index is 3.67. The van der Waals surface area contributed by atoms with Crippen LogP contribution in [0.2, 0.25) is 0 Å². The van der Waals surface area contributed by atoms with E-state index in [1.54, 1.807) is 0 Å². The van der Waals surface area contributed by atoms with E-state index < -0.39 is 0 Å². The van der Waals surface area contributed by atoms with Gasteiger partial charge in [-0.05, 0) is 0 Å². The first kappa shape index (κ1) is 16.6. The van der Waals surface area contributed by atoms with E-state index in [2.05, 4.69) is 23.3 Å². The van der Waals surface area contributed by atoms with Gasteiger partial charge in [0.25, 0.3) is 0 Å². The summed E-state index contributed by atoms with van der Waals surface area (Å²) in [6, 6.07) is 0. The fraction of sp³-hybridized carbons (Fsp3) is 0. The van der Waals surface area contributed by atoms with Crippen molar-refractivity contribution < 1.29 is 40.6 Å². The molecule has 0 aromatic rings. The molecule has 0 unspecified atom stereocenters. The third kappa shape index (κ3) is 8.99. The molecule has 0 amide bonds.